The van der Waals surface area contributed by atoms with Gasteiger partial charge < -0.3 is 9.88 Å². The van der Waals surface area contributed by atoms with Gasteiger partial charge in [-0.15, -0.1) is 11.3 Å². The fourth-order valence-electron chi connectivity index (χ4n) is 1.48. The molecule has 4 nitrogen and oxygen atoms in total. The largest absolute Gasteiger partial charge is 0.353 e. The van der Waals surface area contributed by atoms with Crippen LogP contribution in [0.2, 0.25) is 0 Å². The molecule has 2 rings (SSSR count). The van der Waals surface area contributed by atoms with E-state index >= 15 is 0 Å². The van der Waals surface area contributed by atoms with Crippen molar-refractivity contribution in [2.45, 2.75) is 33.4 Å². The van der Waals surface area contributed by atoms with Crippen LogP contribution in [0, 0.1) is 6.92 Å². The molecule has 0 saturated carbocycles. The highest BCUT2D eigenvalue weighted by Gasteiger charge is 2.05. The smallest absolute Gasteiger partial charge is 0.203 e. The molecular formula is C11H16N4S. The Balaban J connectivity index is 2.12. The number of aromatic nitrogens is 3. The molecule has 2 aromatic heterocycles. The summed E-state index contributed by atoms with van der Waals surface area (Å²) in [7, 11) is 0. The van der Waals surface area contributed by atoms with Gasteiger partial charge in [-0.1, -0.05) is 0 Å². The summed E-state index contributed by atoms with van der Waals surface area (Å²) in [6.07, 6.45) is 5.73. The molecule has 16 heavy (non-hydrogen) atoms. The first-order valence-electron chi connectivity index (χ1n) is 5.34. The fraction of sp³-hybridized carbons (Fsp3) is 0.455. The lowest BCUT2D eigenvalue weighted by Crippen LogP contribution is -2.14. The van der Waals surface area contributed by atoms with Gasteiger partial charge in [-0.2, -0.15) is 0 Å². The summed E-state index contributed by atoms with van der Waals surface area (Å²) >= 11 is 1.73. The van der Waals surface area contributed by atoms with Crippen molar-refractivity contribution >= 4 is 17.3 Å². The van der Waals surface area contributed by atoms with E-state index in [4.69, 9.17) is 0 Å². The van der Waals surface area contributed by atoms with E-state index < -0.39 is 0 Å². The molecule has 0 atom stereocenters. The lowest BCUT2D eigenvalue weighted by Gasteiger charge is -2.11. The molecule has 5 heteroatoms. The van der Waals surface area contributed by atoms with E-state index in [0.717, 1.165) is 17.5 Å². The van der Waals surface area contributed by atoms with Crippen LogP contribution in [-0.4, -0.2) is 20.6 Å². The van der Waals surface area contributed by atoms with Crippen molar-refractivity contribution in [3.63, 3.8) is 0 Å². The average molecular weight is 236 g/mol. The van der Waals surface area contributed by atoms with Crippen molar-refractivity contribution in [3.8, 4) is 0 Å². The topological polar surface area (TPSA) is 42.7 Å². The van der Waals surface area contributed by atoms with Crippen molar-refractivity contribution in [1.29, 1.82) is 0 Å². The molecule has 0 fully saturated rings. The standard InChI is InChI=1S/C11H16N4S/c1-8(2)14-11-12-4-5-15(11)7-10-6-13-9(3)16-10/h4-6,8H,7H2,1-3H3,(H,12,14). The van der Waals surface area contributed by atoms with Crippen LogP contribution in [0.15, 0.2) is 18.6 Å². The van der Waals surface area contributed by atoms with Crippen LogP contribution >= 0.6 is 11.3 Å². The number of thiazole rings is 1. The number of hydrogen-bond acceptors (Lipinski definition) is 4. The molecule has 0 aliphatic rings. The molecule has 0 aliphatic heterocycles. The van der Waals surface area contributed by atoms with Crippen molar-refractivity contribution in [2.75, 3.05) is 5.32 Å². The Morgan fingerprint density at radius 1 is 1.44 bits per heavy atom. The van der Waals surface area contributed by atoms with E-state index in [1.165, 1.54) is 4.88 Å². The summed E-state index contributed by atoms with van der Waals surface area (Å²) in [6, 6.07) is 0.393. The maximum atomic E-state index is 4.30. The van der Waals surface area contributed by atoms with Crippen LogP contribution in [0.25, 0.3) is 0 Å². The van der Waals surface area contributed by atoms with Gasteiger partial charge in [0, 0.05) is 29.5 Å². The van der Waals surface area contributed by atoms with Crippen molar-refractivity contribution in [3.05, 3.63) is 28.5 Å². The van der Waals surface area contributed by atoms with Gasteiger partial charge in [-0.05, 0) is 20.8 Å². The summed E-state index contributed by atoms with van der Waals surface area (Å²) in [5, 5.41) is 4.42. The summed E-state index contributed by atoms with van der Waals surface area (Å²) < 4.78 is 2.10. The number of nitrogens with one attached hydrogen (secondary N) is 1. The normalized spacial score (nSPS) is 11.0. The maximum Gasteiger partial charge on any atom is 0.203 e. The first-order chi connectivity index (χ1) is 7.65. The minimum Gasteiger partial charge on any atom is -0.353 e. The van der Waals surface area contributed by atoms with Gasteiger partial charge in [0.05, 0.1) is 11.6 Å². The molecule has 2 heterocycles. The second kappa shape index (κ2) is 4.65. The van der Waals surface area contributed by atoms with Crippen LogP contribution in [0.1, 0.15) is 23.7 Å². The zero-order chi connectivity index (χ0) is 11.5. The van der Waals surface area contributed by atoms with Crippen molar-refractivity contribution in [1.82, 2.24) is 14.5 Å². The Labute approximate surface area is 99.4 Å². The Morgan fingerprint density at radius 2 is 2.25 bits per heavy atom. The minimum absolute atomic E-state index is 0.393. The fourth-order valence-corrected chi connectivity index (χ4v) is 2.28. The molecule has 0 aliphatic carbocycles. The van der Waals surface area contributed by atoms with Crippen LogP contribution in [0.5, 0.6) is 0 Å². The monoisotopic (exact) mass is 236 g/mol. The highest BCUT2D eigenvalue weighted by Crippen LogP contribution is 2.15. The van der Waals surface area contributed by atoms with Gasteiger partial charge in [-0.3, -0.25) is 0 Å². The van der Waals surface area contributed by atoms with E-state index in [0.29, 0.717) is 6.04 Å². The van der Waals surface area contributed by atoms with E-state index in [2.05, 4.69) is 33.7 Å². The summed E-state index contributed by atoms with van der Waals surface area (Å²) in [5.74, 6) is 0.918. The average Bonchev–Trinajstić information content (AvgIpc) is 2.77. The number of aryl methyl sites for hydroxylation is 1. The second-order valence-corrected chi connectivity index (χ2v) is 5.34. The van der Waals surface area contributed by atoms with Crippen LogP contribution in [-0.2, 0) is 6.54 Å². The van der Waals surface area contributed by atoms with E-state index in [9.17, 15) is 0 Å². The first kappa shape index (κ1) is 11.1. The van der Waals surface area contributed by atoms with Crippen LogP contribution in [0.3, 0.4) is 0 Å². The Hall–Kier alpha value is -1.36. The van der Waals surface area contributed by atoms with Crippen molar-refractivity contribution in [2.24, 2.45) is 0 Å². The molecule has 0 radical (unpaired) electrons. The zero-order valence-electron chi connectivity index (χ0n) is 9.77. The predicted molar refractivity (Wildman–Crippen MR) is 66.9 cm³/mol. The summed E-state index contributed by atoms with van der Waals surface area (Å²) in [5.41, 5.74) is 0. The Kier molecular flexibility index (Phi) is 3.24. The molecule has 0 saturated heterocycles. The van der Waals surface area contributed by atoms with Gasteiger partial charge in [0.15, 0.2) is 0 Å². The third-order valence-corrected chi connectivity index (χ3v) is 3.03. The molecule has 0 unspecified atom stereocenters. The van der Waals surface area contributed by atoms with Crippen LogP contribution < -0.4 is 5.32 Å². The van der Waals surface area contributed by atoms with Gasteiger partial charge in [0.2, 0.25) is 5.95 Å². The van der Waals surface area contributed by atoms with Crippen molar-refractivity contribution < 1.29 is 0 Å². The molecule has 1 N–H and O–H groups in total. The molecule has 0 bridgehead atoms. The number of nitrogens with zero attached hydrogens (tertiary/aromatic N) is 3. The van der Waals surface area contributed by atoms with E-state index in [1.54, 1.807) is 11.3 Å². The molecule has 0 aromatic carbocycles. The highest BCUT2D eigenvalue weighted by atomic mass is 32.1. The van der Waals surface area contributed by atoms with Gasteiger partial charge in [0.1, 0.15) is 0 Å². The Morgan fingerprint density at radius 3 is 2.88 bits per heavy atom. The van der Waals surface area contributed by atoms with Crippen LogP contribution in [0.4, 0.5) is 5.95 Å². The SMILES string of the molecule is Cc1ncc(Cn2ccnc2NC(C)C)s1. The maximum absolute atomic E-state index is 4.30. The number of rotatable bonds is 4. The third kappa shape index (κ3) is 2.61. The molecule has 2 aromatic rings. The first-order valence-corrected chi connectivity index (χ1v) is 6.16. The lowest BCUT2D eigenvalue weighted by molar-refractivity contribution is 0.781. The molecule has 0 amide bonds. The van der Waals surface area contributed by atoms with Gasteiger partial charge >= 0.3 is 0 Å². The zero-order valence-corrected chi connectivity index (χ0v) is 10.6. The number of imidazole rings is 1. The highest BCUT2D eigenvalue weighted by molar-refractivity contribution is 7.11. The second-order valence-electron chi connectivity index (χ2n) is 4.02. The van der Waals surface area contributed by atoms with E-state index in [-0.39, 0.29) is 0 Å². The molecule has 86 valence electrons. The number of anilines is 1. The number of hydrogen-bond donors (Lipinski definition) is 1. The summed E-state index contributed by atoms with van der Waals surface area (Å²) in [6.45, 7) is 7.07. The van der Waals surface area contributed by atoms with Gasteiger partial charge in [-0.25, -0.2) is 9.97 Å². The Bertz CT molecular complexity index is 458. The summed E-state index contributed by atoms with van der Waals surface area (Å²) in [4.78, 5) is 9.80. The third-order valence-electron chi connectivity index (χ3n) is 2.13. The minimum atomic E-state index is 0.393. The van der Waals surface area contributed by atoms with E-state index in [1.807, 2.05) is 25.5 Å². The predicted octanol–water partition coefficient (Wildman–Crippen LogP) is 2.52. The lowest BCUT2D eigenvalue weighted by atomic mass is 10.4. The van der Waals surface area contributed by atoms with Gasteiger partial charge in [0.25, 0.3) is 0 Å². The molecular weight excluding hydrogens is 220 g/mol. The quantitative estimate of drug-likeness (QED) is 0.887. The molecule has 0 spiro atoms.